The second-order valence-electron chi connectivity index (χ2n) is 3.83. The lowest BCUT2D eigenvalue weighted by Gasteiger charge is -2.10. The quantitative estimate of drug-likeness (QED) is 0.832. The average molecular weight is 281 g/mol. The summed E-state index contributed by atoms with van der Waals surface area (Å²) in [7, 11) is 0. The van der Waals surface area contributed by atoms with Crippen LogP contribution < -0.4 is 5.32 Å². The summed E-state index contributed by atoms with van der Waals surface area (Å²) in [5.41, 5.74) is 0.344. The molecule has 0 unspecified atom stereocenters. The molecule has 5 heteroatoms. The summed E-state index contributed by atoms with van der Waals surface area (Å²) < 4.78 is 0. The fourth-order valence-corrected chi connectivity index (χ4v) is 1.71. The van der Waals surface area contributed by atoms with Gasteiger partial charge in [0, 0.05) is 6.54 Å². The van der Waals surface area contributed by atoms with Crippen molar-refractivity contribution in [2.24, 2.45) is 5.92 Å². The van der Waals surface area contributed by atoms with E-state index in [1.165, 1.54) is 0 Å². The van der Waals surface area contributed by atoms with Crippen LogP contribution in [0.5, 0.6) is 0 Å². The Bertz CT molecular complexity index is 404. The molecule has 1 aromatic carbocycles. The van der Waals surface area contributed by atoms with Gasteiger partial charge in [-0.25, -0.2) is 0 Å². The summed E-state index contributed by atoms with van der Waals surface area (Å²) in [6.07, 6.45) is 0. The minimum absolute atomic E-state index is 0.190. The van der Waals surface area contributed by atoms with Crippen LogP contribution in [0, 0.1) is 5.92 Å². The van der Waals surface area contributed by atoms with Gasteiger partial charge in [-0.15, -0.1) is 0 Å². The van der Waals surface area contributed by atoms with E-state index in [0.717, 1.165) is 0 Å². The van der Waals surface area contributed by atoms with Crippen molar-refractivity contribution in [3.8, 4) is 0 Å². The zero-order valence-corrected chi connectivity index (χ0v) is 11.2. The Morgan fingerprint density at radius 3 is 2.44 bits per heavy atom. The number of amides is 1. The number of rotatable bonds is 3. The fraction of sp³-hybridized carbons (Fsp3) is 0.364. The van der Waals surface area contributed by atoms with E-state index in [-0.39, 0.29) is 16.0 Å². The summed E-state index contributed by atoms with van der Waals surface area (Å²) in [4.78, 5) is 11.7. The molecule has 0 heterocycles. The molecule has 0 aliphatic rings. The van der Waals surface area contributed by atoms with Gasteiger partial charge in [-0.1, -0.05) is 48.7 Å². The summed E-state index contributed by atoms with van der Waals surface area (Å²) in [5.74, 6) is 0.141. The largest absolute Gasteiger partial charge is 0.352 e. The number of hydrogen-bond donors (Lipinski definition) is 1. The molecule has 1 N–H and O–H groups in total. The monoisotopic (exact) mass is 279 g/mol. The van der Waals surface area contributed by atoms with Crippen molar-refractivity contribution in [2.75, 3.05) is 6.54 Å². The van der Waals surface area contributed by atoms with Crippen LogP contribution in [0.3, 0.4) is 0 Å². The van der Waals surface area contributed by atoms with Crippen LogP contribution in [0.25, 0.3) is 0 Å². The third-order valence-corrected chi connectivity index (χ3v) is 3.24. The van der Waals surface area contributed by atoms with E-state index in [2.05, 4.69) is 5.32 Å². The van der Waals surface area contributed by atoms with Gasteiger partial charge >= 0.3 is 0 Å². The summed E-state index contributed by atoms with van der Waals surface area (Å²) >= 11 is 17.5. The van der Waals surface area contributed by atoms with Crippen molar-refractivity contribution < 1.29 is 4.79 Å². The van der Waals surface area contributed by atoms with Crippen molar-refractivity contribution in [3.63, 3.8) is 0 Å². The molecule has 0 fully saturated rings. The summed E-state index contributed by atoms with van der Waals surface area (Å²) in [6.45, 7) is 4.61. The third-order valence-electron chi connectivity index (χ3n) is 1.95. The zero-order valence-electron chi connectivity index (χ0n) is 8.98. The average Bonchev–Trinajstić information content (AvgIpc) is 2.23. The molecular formula is C11H12Cl3NO. The highest BCUT2D eigenvalue weighted by atomic mass is 35.5. The maximum Gasteiger partial charge on any atom is 0.252 e. The maximum atomic E-state index is 11.7. The number of benzene rings is 1. The Kier molecular flexibility index (Phi) is 4.90. The van der Waals surface area contributed by atoms with Crippen LogP contribution in [0.2, 0.25) is 15.1 Å². The predicted octanol–water partition coefficient (Wildman–Crippen LogP) is 4.03. The second-order valence-corrected chi connectivity index (χ2v) is 4.99. The van der Waals surface area contributed by atoms with E-state index >= 15 is 0 Å². The lowest BCUT2D eigenvalue weighted by atomic mass is 10.2. The van der Waals surface area contributed by atoms with Crippen LogP contribution in [-0.2, 0) is 0 Å². The Labute approximate surface area is 110 Å². The summed E-state index contributed by atoms with van der Waals surface area (Å²) in [6, 6.07) is 3.12. The molecule has 0 saturated carbocycles. The Morgan fingerprint density at radius 1 is 1.25 bits per heavy atom. The first-order chi connectivity index (χ1) is 7.43. The van der Waals surface area contributed by atoms with Crippen molar-refractivity contribution >= 4 is 40.7 Å². The van der Waals surface area contributed by atoms with Crippen LogP contribution in [-0.4, -0.2) is 12.5 Å². The van der Waals surface area contributed by atoms with Gasteiger partial charge in [-0.05, 0) is 18.1 Å². The molecule has 0 atom stereocenters. The van der Waals surface area contributed by atoms with E-state index in [1.807, 2.05) is 13.8 Å². The van der Waals surface area contributed by atoms with Gasteiger partial charge in [0.1, 0.15) is 0 Å². The molecule has 16 heavy (non-hydrogen) atoms. The Morgan fingerprint density at radius 2 is 1.88 bits per heavy atom. The van der Waals surface area contributed by atoms with Crippen LogP contribution in [0.1, 0.15) is 24.2 Å². The molecule has 1 amide bonds. The molecule has 0 aliphatic heterocycles. The van der Waals surface area contributed by atoms with Gasteiger partial charge in [0.25, 0.3) is 5.91 Å². The number of carbonyl (C=O) groups is 1. The lowest BCUT2D eigenvalue weighted by molar-refractivity contribution is 0.0949. The topological polar surface area (TPSA) is 29.1 Å². The highest BCUT2D eigenvalue weighted by molar-refractivity contribution is 6.49. The van der Waals surface area contributed by atoms with Crippen LogP contribution in [0.4, 0.5) is 0 Å². The van der Waals surface area contributed by atoms with Crippen molar-refractivity contribution in [1.82, 2.24) is 5.32 Å². The summed E-state index contributed by atoms with van der Waals surface area (Å²) in [5, 5.41) is 3.50. The predicted molar refractivity (Wildman–Crippen MR) is 68.6 cm³/mol. The van der Waals surface area contributed by atoms with Gasteiger partial charge in [0.15, 0.2) is 0 Å². The van der Waals surface area contributed by atoms with E-state index in [9.17, 15) is 4.79 Å². The number of hydrogen-bond acceptors (Lipinski definition) is 1. The Balaban J connectivity index is 2.88. The second kappa shape index (κ2) is 5.76. The smallest absolute Gasteiger partial charge is 0.252 e. The first-order valence-corrected chi connectivity index (χ1v) is 5.98. The standard InChI is InChI=1S/C11H12Cl3NO/c1-6(2)5-15-11(16)7-3-4-8(12)10(14)9(7)13/h3-4,6H,5H2,1-2H3,(H,15,16). The van der Waals surface area contributed by atoms with Gasteiger partial charge in [-0.3, -0.25) is 4.79 Å². The van der Waals surface area contributed by atoms with Crippen molar-refractivity contribution in [2.45, 2.75) is 13.8 Å². The lowest BCUT2D eigenvalue weighted by Crippen LogP contribution is -2.27. The van der Waals surface area contributed by atoms with E-state index in [4.69, 9.17) is 34.8 Å². The highest BCUT2D eigenvalue weighted by Gasteiger charge is 2.14. The fourth-order valence-electron chi connectivity index (χ4n) is 1.09. The van der Waals surface area contributed by atoms with E-state index in [1.54, 1.807) is 12.1 Å². The molecule has 0 aliphatic carbocycles. The first kappa shape index (κ1) is 13.6. The minimum Gasteiger partial charge on any atom is -0.352 e. The Hall–Kier alpha value is -0.440. The third kappa shape index (κ3) is 3.27. The normalized spacial score (nSPS) is 10.6. The van der Waals surface area contributed by atoms with Crippen molar-refractivity contribution in [3.05, 3.63) is 32.8 Å². The molecule has 0 bridgehead atoms. The highest BCUT2D eigenvalue weighted by Crippen LogP contribution is 2.32. The van der Waals surface area contributed by atoms with Gasteiger partial charge in [0.2, 0.25) is 0 Å². The maximum absolute atomic E-state index is 11.7. The minimum atomic E-state index is -0.239. The molecule has 1 rings (SSSR count). The molecular weight excluding hydrogens is 268 g/mol. The van der Waals surface area contributed by atoms with E-state index < -0.39 is 0 Å². The number of nitrogens with one attached hydrogen (secondary N) is 1. The first-order valence-electron chi connectivity index (χ1n) is 4.85. The van der Waals surface area contributed by atoms with Crippen LogP contribution >= 0.6 is 34.8 Å². The molecule has 88 valence electrons. The van der Waals surface area contributed by atoms with Gasteiger partial charge in [-0.2, -0.15) is 0 Å². The molecule has 0 radical (unpaired) electrons. The SMILES string of the molecule is CC(C)CNC(=O)c1ccc(Cl)c(Cl)c1Cl. The molecule has 0 saturated heterocycles. The molecule has 2 nitrogen and oxygen atoms in total. The zero-order chi connectivity index (χ0) is 12.3. The van der Waals surface area contributed by atoms with Gasteiger partial charge in [0.05, 0.1) is 20.6 Å². The molecule has 1 aromatic rings. The molecule has 0 spiro atoms. The van der Waals surface area contributed by atoms with Crippen LogP contribution in [0.15, 0.2) is 12.1 Å². The van der Waals surface area contributed by atoms with Crippen molar-refractivity contribution in [1.29, 1.82) is 0 Å². The number of halogens is 3. The molecule has 0 aromatic heterocycles. The van der Waals surface area contributed by atoms with E-state index in [0.29, 0.717) is 23.0 Å². The number of carbonyl (C=O) groups excluding carboxylic acids is 1. The van der Waals surface area contributed by atoms with Gasteiger partial charge < -0.3 is 5.32 Å².